The summed E-state index contributed by atoms with van der Waals surface area (Å²) in [7, 11) is 0. The van der Waals surface area contributed by atoms with Crippen molar-refractivity contribution in [1.82, 2.24) is 4.90 Å². The summed E-state index contributed by atoms with van der Waals surface area (Å²) in [4.78, 5) is 13.4. The monoisotopic (exact) mass is 264 g/mol. The number of ether oxygens (including phenoxy) is 1. The van der Waals surface area contributed by atoms with Crippen LogP contribution >= 0.6 is 0 Å². The lowest BCUT2D eigenvalue weighted by Gasteiger charge is -2.26. The van der Waals surface area contributed by atoms with Gasteiger partial charge >= 0.3 is 0 Å². The van der Waals surface area contributed by atoms with Crippen molar-refractivity contribution in [1.29, 1.82) is 0 Å². The van der Waals surface area contributed by atoms with Crippen molar-refractivity contribution in [3.63, 3.8) is 0 Å². The summed E-state index contributed by atoms with van der Waals surface area (Å²) in [5, 5.41) is 3.24. The van der Waals surface area contributed by atoms with Crippen LogP contribution in [0.5, 0.6) is 0 Å². The molecule has 0 aromatic heterocycles. The van der Waals surface area contributed by atoms with Crippen LogP contribution in [-0.4, -0.2) is 50.2 Å². The molecule has 1 aliphatic heterocycles. The first-order valence-electron chi connectivity index (χ1n) is 6.40. The number of amides is 1. The molecule has 19 heavy (non-hydrogen) atoms. The normalized spacial score (nSPS) is 16.2. The number of benzene rings is 1. The van der Waals surface area contributed by atoms with Gasteiger partial charge in [-0.15, -0.1) is 0 Å². The molecule has 2 rings (SSSR count). The van der Waals surface area contributed by atoms with Crippen molar-refractivity contribution in [2.75, 3.05) is 50.4 Å². The second-order valence-corrected chi connectivity index (χ2v) is 4.55. The topological polar surface area (TPSA) is 93.6 Å². The van der Waals surface area contributed by atoms with E-state index < -0.39 is 5.91 Å². The van der Waals surface area contributed by atoms with E-state index in [1.807, 2.05) is 0 Å². The van der Waals surface area contributed by atoms with E-state index in [0.29, 0.717) is 11.3 Å². The summed E-state index contributed by atoms with van der Waals surface area (Å²) >= 11 is 0. The van der Waals surface area contributed by atoms with Crippen LogP contribution in [0.4, 0.5) is 11.4 Å². The third-order valence-electron chi connectivity index (χ3n) is 3.18. The summed E-state index contributed by atoms with van der Waals surface area (Å²) in [6.45, 7) is 5.19. The number of hydrogen-bond donors (Lipinski definition) is 3. The highest BCUT2D eigenvalue weighted by atomic mass is 16.5. The Bertz CT molecular complexity index is 444. The van der Waals surface area contributed by atoms with Crippen molar-refractivity contribution in [3.05, 3.63) is 23.8 Å². The van der Waals surface area contributed by atoms with Crippen LogP contribution in [0.15, 0.2) is 18.2 Å². The second-order valence-electron chi connectivity index (χ2n) is 4.55. The maximum absolute atomic E-state index is 11.1. The lowest BCUT2D eigenvalue weighted by atomic mass is 10.1. The number of anilines is 2. The third kappa shape index (κ3) is 3.84. The molecule has 6 heteroatoms. The summed E-state index contributed by atoms with van der Waals surface area (Å²) in [6.07, 6.45) is 0. The molecular weight excluding hydrogens is 244 g/mol. The maximum Gasteiger partial charge on any atom is 0.248 e. The van der Waals surface area contributed by atoms with E-state index in [9.17, 15) is 4.79 Å². The minimum atomic E-state index is -0.448. The number of nitrogens with one attached hydrogen (secondary N) is 1. The van der Waals surface area contributed by atoms with Crippen molar-refractivity contribution in [2.45, 2.75) is 0 Å². The van der Waals surface area contributed by atoms with Crippen LogP contribution in [0.25, 0.3) is 0 Å². The first-order chi connectivity index (χ1) is 9.16. The highest BCUT2D eigenvalue weighted by molar-refractivity contribution is 5.94. The molecule has 0 saturated carbocycles. The van der Waals surface area contributed by atoms with E-state index in [-0.39, 0.29) is 0 Å². The number of primary amides is 1. The number of hydrogen-bond acceptors (Lipinski definition) is 5. The van der Waals surface area contributed by atoms with Gasteiger partial charge in [0.25, 0.3) is 0 Å². The molecule has 6 nitrogen and oxygen atoms in total. The molecule has 1 aromatic rings. The number of nitrogens with zero attached hydrogens (tertiary/aromatic N) is 1. The number of nitrogen functional groups attached to an aromatic ring is 1. The van der Waals surface area contributed by atoms with E-state index in [0.717, 1.165) is 45.1 Å². The Morgan fingerprint density at radius 1 is 1.37 bits per heavy atom. The molecule has 0 aliphatic carbocycles. The van der Waals surface area contributed by atoms with Gasteiger partial charge in [0.05, 0.1) is 24.6 Å². The van der Waals surface area contributed by atoms with E-state index in [1.165, 1.54) is 0 Å². The van der Waals surface area contributed by atoms with Crippen molar-refractivity contribution < 1.29 is 9.53 Å². The average molecular weight is 264 g/mol. The fourth-order valence-electron chi connectivity index (χ4n) is 2.04. The molecule has 0 atom stereocenters. The molecule has 0 unspecified atom stereocenters. The highest BCUT2D eigenvalue weighted by Gasteiger charge is 2.10. The van der Waals surface area contributed by atoms with Crippen molar-refractivity contribution >= 4 is 17.3 Å². The predicted octanol–water partition coefficient (Wildman–Crippen LogP) is 0.112. The van der Waals surface area contributed by atoms with Crippen molar-refractivity contribution in [2.24, 2.45) is 5.73 Å². The van der Waals surface area contributed by atoms with Gasteiger partial charge in [-0.05, 0) is 18.2 Å². The van der Waals surface area contributed by atoms with Gasteiger partial charge in [-0.2, -0.15) is 0 Å². The zero-order valence-electron chi connectivity index (χ0n) is 10.9. The van der Waals surface area contributed by atoms with Crippen LogP contribution in [0.1, 0.15) is 10.4 Å². The van der Waals surface area contributed by atoms with E-state index in [4.69, 9.17) is 16.2 Å². The van der Waals surface area contributed by atoms with Crippen LogP contribution < -0.4 is 16.8 Å². The zero-order chi connectivity index (χ0) is 13.7. The fourth-order valence-corrected chi connectivity index (χ4v) is 2.04. The minimum Gasteiger partial charge on any atom is -0.397 e. The maximum atomic E-state index is 11.1. The van der Waals surface area contributed by atoms with Gasteiger partial charge in [-0.3, -0.25) is 9.69 Å². The Morgan fingerprint density at radius 2 is 2.11 bits per heavy atom. The lowest BCUT2D eigenvalue weighted by molar-refractivity contribution is 0.0398. The molecule has 104 valence electrons. The molecule has 0 spiro atoms. The van der Waals surface area contributed by atoms with Gasteiger partial charge < -0.3 is 21.5 Å². The quantitative estimate of drug-likeness (QED) is 0.656. The molecule has 0 radical (unpaired) electrons. The number of nitrogens with two attached hydrogens (primary N) is 2. The van der Waals surface area contributed by atoms with Crippen LogP contribution in [0, 0.1) is 0 Å². The molecule has 1 aromatic carbocycles. The number of morpholine rings is 1. The Balaban J connectivity index is 1.87. The minimum absolute atomic E-state index is 0.448. The van der Waals surface area contributed by atoms with Crippen molar-refractivity contribution in [3.8, 4) is 0 Å². The molecule has 1 heterocycles. The van der Waals surface area contributed by atoms with E-state index in [1.54, 1.807) is 18.2 Å². The molecule has 1 amide bonds. The molecule has 1 fully saturated rings. The van der Waals surface area contributed by atoms with Gasteiger partial charge in [0.2, 0.25) is 5.91 Å². The smallest absolute Gasteiger partial charge is 0.248 e. The third-order valence-corrected chi connectivity index (χ3v) is 3.18. The number of carbonyl (C=O) groups is 1. The predicted molar refractivity (Wildman–Crippen MR) is 75.1 cm³/mol. The standard InChI is InChI=1S/C13H20N4O2/c14-11-2-1-10(13(15)18)9-12(11)16-3-4-17-5-7-19-8-6-17/h1-2,9,16H,3-8,14H2,(H2,15,18). The Kier molecular flexibility index (Phi) is 4.59. The fraction of sp³-hybridized carbons (Fsp3) is 0.462. The average Bonchev–Trinajstić information content (AvgIpc) is 2.42. The molecule has 5 N–H and O–H groups in total. The van der Waals surface area contributed by atoms with E-state index in [2.05, 4.69) is 10.2 Å². The zero-order valence-corrected chi connectivity index (χ0v) is 10.9. The summed E-state index contributed by atoms with van der Waals surface area (Å²) in [5.41, 5.74) is 12.9. The Hall–Kier alpha value is -1.79. The molecule has 1 saturated heterocycles. The molecule has 0 bridgehead atoms. The van der Waals surface area contributed by atoms with Crippen LogP contribution in [0.2, 0.25) is 0 Å². The molecular formula is C13H20N4O2. The van der Waals surface area contributed by atoms with Gasteiger partial charge in [-0.25, -0.2) is 0 Å². The van der Waals surface area contributed by atoms with Crippen LogP contribution in [0.3, 0.4) is 0 Å². The molecule has 1 aliphatic rings. The van der Waals surface area contributed by atoms with Gasteiger partial charge in [0, 0.05) is 31.7 Å². The summed E-state index contributed by atoms with van der Waals surface area (Å²) in [5.74, 6) is -0.448. The number of carbonyl (C=O) groups excluding carboxylic acids is 1. The van der Waals surface area contributed by atoms with Crippen LogP contribution in [-0.2, 0) is 4.74 Å². The first-order valence-corrected chi connectivity index (χ1v) is 6.40. The first kappa shape index (κ1) is 13.6. The van der Waals surface area contributed by atoms with Gasteiger partial charge in [0.1, 0.15) is 0 Å². The summed E-state index contributed by atoms with van der Waals surface area (Å²) in [6, 6.07) is 5.01. The van der Waals surface area contributed by atoms with E-state index >= 15 is 0 Å². The Labute approximate surface area is 112 Å². The lowest BCUT2D eigenvalue weighted by Crippen LogP contribution is -2.39. The Morgan fingerprint density at radius 3 is 2.79 bits per heavy atom. The summed E-state index contributed by atoms with van der Waals surface area (Å²) < 4.78 is 5.29. The highest BCUT2D eigenvalue weighted by Crippen LogP contribution is 2.19. The number of rotatable bonds is 5. The SMILES string of the molecule is NC(=O)c1ccc(N)c(NCCN2CCOCC2)c1. The largest absolute Gasteiger partial charge is 0.397 e. The van der Waals surface area contributed by atoms with Gasteiger partial charge in [-0.1, -0.05) is 0 Å². The van der Waals surface area contributed by atoms with Gasteiger partial charge in [0.15, 0.2) is 0 Å². The second kappa shape index (κ2) is 6.40.